The van der Waals surface area contributed by atoms with Crippen molar-refractivity contribution in [1.29, 1.82) is 0 Å². The van der Waals surface area contributed by atoms with E-state index in [-0.39, 0.29) is 30.7 Å². The van der Waals surface area contributed by atoms with E-state index in [9.17, 15) is 14.2 Å². The monoisotopic (exact) mass is 473 g/mol. The van der Waals surface area contributed by atoms with E-state index in [1.807, 2.05) is 0 Å². The van der Waals surface area contributed by atoms with Crippen molar-refractivity contribution >= 4 is 19.4 Å². The van der Waals surface area contributed by atoms with Gasteiger partial charge in [-0.2, -0.15) is 4.98 Å². The predicted molar refractivity (Wildman–Crippen MR) is 115 cm³/mol. The first-order chi connectivity index (χ1) is 14.8. The highest BCUT2D eigenvalue weighted by Gasteiger charge is 2.55. The van der Waals surface area contributed by atoms with Crippen molar-refractivity contribution in [3.63, 3.8) is 0 Å². The Labute approximate surface area is 186 Å². The molecule has 1 aliphatic heterocycles. The molecule has 1 saturated heterocycles. The van der Waals surface area contributed by atoms with Crippen molar-refractivity contribution in [2.75, 3.05) is 19.0 Å². The van der Waals surface area contributed by atoms with Gasteiger partial charge in [0, 0.05) is 12.6 Å². The summed E-state index contributed by atoms with van der Waals surface area (Å²) in [5.41, 5.74) is 4.97. The highest BCUT2D eigenvalue weighted by Crippen LogP contribution is 2.48. The Morgan fingerprint density at radius 2 is 2.03 bits per heavy atom. The molecule has 12 nitrogen and oxygen atoms in total. The first-order valence-electron chi connectivity index (χ1n) is 10.5. The first-order valence-corrected chi connectivity index (χ1v) is 12.6. The number of nitrogen functional groups attached to an aromatic ring is 1. The molecule has 3 N–H and O–H groups in total. The van der Waals surface area contributed by atoms with Crippen LogP contribution in [0.5, 0.6) is 0 Å². The molecule has 1 aromatic rings. The zero-order chi connectivity index (χ0) is 23.8. The fourth-order valence-electron chi connectivity index (χ4n) is 4.09. The Balaban J connectivity index is 1.70. The van der Waals surface area contributed by atoms with Crippen molar-refractivity contribution in [2.24, 2.45) is 5.92 Å². The fourth-order valence-corrected chi connectivity index (χ4v) is 5.45. The number of nitrogens with zero attached hydrogens (tertiary/aromatic N) is 3. The summed E-state index contributed by atoms with van der Waals surface area (Å²) in [4.78, 5) is 32.0. The molecule has 3 rings (SSSR count). The lowest BCUT2D eigenvalue weighted by atomic mass is 10.1. The van der Waals surface area contributed by atoms with Gasteiger partial charge in [-0.05, 0) is 41.0 Å². The first kappa shape index (κ1) is 24.8. The van der Waals surface area contributed by atoms with Gasteiger partial charge in [0.1, 0.15) is 18.5 Å². The van der Waals surface area contributed by atoms with Crippen LogP contribution in [-0.4, -0.2) is 63.9 Å². The molecule has 0 amide bonds. The minimum Gasteiger partial charge on any atom is -0.462 e. The number of nitrogens with one attached hydrogen (secondary N) is 1. The number of rotatable bonds is 8. The third-order valence-corrected chi connectivity index (χ3v) is 6.82. The van der Waals surface area contributed by atoms with E-state index >= 15 is 0 Å². The molecule has 6 atom stereocenters. The van der Waals surface area contributed by atoms with Crippen molar-refractivity contribution < 1.29 is 28.1 Å². The molecule has 32 heavy (non-hydrogen) atoms. The fraction of sp³-hybridized carbons (Fsp3) is 0.789. The van der Waals surface area contributed by atoms with E-state index < -0.39 is 43.2 Å². The van der Waals surface area contributed by atoms with E-state index in [1.54, 1.807) is 34.6 Å². The normalized spacial score (nSPS) is 29.5. The standard InChI is InChI=1S/C19H32N5O7P/c1-10(2)29-16(25)11(3)23-32(6,27)28-8-12-7-13(15-14(12)30-19(4,5)31-15)24-9-21-17(20)22-18(24)26/h9-15H,7-8H2,1-6H3,(H,23,27)(H2,20,22,26)/t11-,12+,13+,14-,15?,32?/m0/s1. The predicted octanol–water partition coefficient (Wildman–Crippen LogP) is 1.07. The van der Waals surface area contributed by atoms with Crippen LogP contribution in [0.2, 0.25) is 0 Å². The number of hydrogen-bond donors (Lipinski definition) is 2. The lowest BCUT2D eigenvalue weighted by Crippen LogP contribution is -2.35. The molecule has 0 aromatic carbocycles. The average molecular weight is 473 g/mol. The Hall–Kier alpha value is -1.85. The number of esters is 1. The highest BCUT2D eigenvalue weighted by molar-refractivity contribution is 7.56. The zero-order valence-corrected chi connectivity index (χ0v) is 20.1. The van der Waals surface area contributed by atoms with Crippen LogP contribution in [0, 0.1) is 5.92 Å². The van der Waals surface area contributed by atoms with E-state index in [0.29, 0.717) is 6.42 Å². The summed E-state index contributed by atoms with van der Waals surface area (Å²) in [5, 5.41) is 2.72. The summed E-state index contributed by atoms with van der Waals surface area (Å²) in [6.07, 6.45) is 0.706. The molecule has 2 aliphatic rings. The third-order valence-electron chi connectivity index (χ3n) is 5.32. The molecule has 0 spiro atoms. The molecule has 2 fully saturated rings. The molecule has 1 aromatic heterocycles. The quantitative estimate of drug-likeness (QED) is 0.411. The summed E-state index contributed by atoms with van der Waals surface area (Å²) < 4.78 is 37.3. The van der Waals surface area contributed by atoms with Crippen LogP contribution in [-0.2, 0) is 28.1 Å². The number of carbonyl (C=O) groups is 1. The summed E-state index contributed by atoms with van der Waals surface area (Å²) in [6.45, 7) is 10.1. The molecular weight excluding hydrogens is 441 g/mol. The summed E-state index contributed by atoms with van der Waals surface area (Å²) >= 11 is 0. The molecule has 0 bridgehead atoms. The number of carbonyl (C=O) groups excluding carboxylic acids is 1. The second-order valence-electron chi connectivity index (χ2n) is 9.01. The highest BCUT2D eigenvalue weighted by atomic mass is 31.2. The molecule has 13 heteroatoms. The average Bonchev–Trinajstić information content (AvgIpc) is 3.12. The number of nitrogens with two attached hydrogens (primary N) is 1. The van der Waals surface area contributed by atoms with E-state index in [0.717, 1.165) is 0 Å². The van der Waals surface area contributed by atoms with Crippen molar-refractivity contribution in [3.8, 4) is 0 Å². The Morgan fingerprint density at radius 1 is 1.38 bits per heavy atom. The van der Waals surface area contributed by atoms with Crippen LogP contribution in [0.3, 0.4) is 0 Å². The van der Waals surface area contributed by atoms with E-state index in [1.165, 1.54) is 17.6 Å². The maximum atomic E-state index is 12.9. The number of hydrogen-bond acceptors (Lipinski definition) is 10. The van der Waals surface area contributed by atoms with Gasteiger partial charge >= 0.3 is 11.7 Å². The molecule has 1 saturated carbocycles. The lowest BCUT2D eigenvalue weighted by Gasteiger charge is -2.25. The van der Waals surface area contributed by atoms with Crippen molar-refractivity contribution in [1.82, 2.24) is 19.6 Å². The van der Waals surface area contributed by atoms with Gasteiger partial charge in [0.25, 0.3) is 7.52 Å². The van der Waals surface area contributed by atoms with Gasteiger partial charge in [0.2, 0.25) is 5.95 Å². The van der Waals surface area contributed by atoms with Crippen molar-refractivity contribution in [2.45, 2.75) is 77.2 Å². The Kier molecular flexibility index (Phi) is 7.11. The van der Waals surface area contributed by atoms with Crippen LogP contribution in [0.15, 0.2) is 11.1 Å². The largest absolute Gasteiger partial charge is 0.462 e. The van der Waals surface area contributed by atoms with Gasteiger partial charge in [-0.15, -0.1) is 0 Å². The number of aromatic nitrogens is 3. The molecule has 2 heterocycles. The minimum absolute atomic E-state index is 0.0778. The van der Waals surface area contributed by atoms with Gasteiger partial charge in [0.05, 0.1) is 24.9 Å². The number of fused-ring (bicyclic) bond motifs is 1. The lowest BCUT2D eigenvalue weighted by molar-refractivity contribution is -0.161. The summed E-state index contributed by atoms with van der Waals surface area (Å²) in [7, 11) is -3.33. The van der Waals surface area contributed by atoms with Gasteiger partial charge in [-0.25, -0.2) is 14.9 Å². The Bertz CT molecular complexity index is 952. The molecule has 0 radical (unpaired) electrons. The maximum Gasteiger partial charge on any atom is 0.352 e. The topological polar surface area (TPSA) is 157 Å². The van der Waals surface area contributed by atoms with Gasteiger partial charge in [-0.1, -0.05) is 0 Å². The van der Waals surface area contributed by atoms with Crippen LogP contribution in [0.25, 0.3) is 0 Å². The van der Waals surface area contributed by atoms with Gasteiger partial charge in [0.15, 0.2) is 5.79 Å². The summed E-state index contributed by atoms with van der Waals surface area (Å²) in [5.74, 6) is -1.69. The van der Waals surface area contributed by atoms with Crippen LogP contribution in [0.4, 0.5) is 5.95 Å². The second-order valence-corrected chi connectivity index (χ2v) is 11.2. The van der Waals surface area contributed by atoms with Crippen LogP contribution >= 0.6 is 7.52 Å². The van der Waals surface area contributed by atoms with Crippen molar-refractivity contribution in [3.05, 3.63) is 16.8 Å². The number of anilines is 1. The minimum atomic E-state index is -3.33. The molecular formula is C19H32N5O7P. The second kappa shape index (κ2) is 9.18. The van der Waals surface area contributed by atoms with E-state index in [4.69, 9.17) is 24.5 Å². The maximum absolute atomic E-state index is 12.9. The Morgan fingerprint density at radius 3 is 2.66 bits per heavy atom. The molecule has 1 aliphatic carbocycles. The third kappa shape index (κ3) is 5.74. The van der Waals surface area contributed by atoms with Crippen LogP contribution in [0.1, 0.15) is 47.1 Å². The SMILES string of the molecule is CC(C)OC(=O)[C@H](C)NP(C)(=O)OC[C@H]1C[C@@H](n2cnc(N)nc2=O)C2OC(C)(C)O[C@H]21. The van der Waals surface area contributed by atoms with E-state index in [2.05, 4.69) is 15.1 Å². The smallest absolute Gasteiger partial charge is 0.352 e. The zero-order valence-electron chi connectivity index (χ0n) is 19.2. The van der Waals surface area contributed by atoms with Crippen LogP contribution < -0.4 is 16.5 Å². The van der Waals surface area contributed by atoms with Gasteiger partial charge in [-0.3, -0.25) is 13.9 Å². The summed E-state index contributed by atoms with van der Waals surface area (Å²) in [6, 6.07) is -1.19. The van der Waals surface area contributed by atoms with Gasteiger partial charge < -0.3 is 24.5 Å². The molecule has 2 unspecified atom stereocenters. The number of ether oxygens (including phenoxy) is 3. The molecule has 180 valence electrons.